The SMILES string of the molecule is FC(F)(F)c1nnc2ccc(NC3CCOC4(CCCCC4)C3)nn12. The third-order valence-corrected chi connectivity index (χ3v) is 5.13. The van der Waals surface area contributed by atoms with Gasteiger partial charge < -0.3 is 10.1 Å². The second-order valence-electron chi connectivity index (χ2n) is 6.94. The highest BCUT2D eigenvalue weighted by atomic mass is 19.4. The van der Waals surface area contributed by atoms with Gasteiger partial charge in [0.25, 0.3) is 5.82 Å². The Kier molecular flexibility index (Phi) is 4.05. The molecule has 1 spiro atoms. The lowest BCUT2D eigenvalue weighted by Crippen LogP contribution is -2.45. The van der Waals surface area contributed by atoms with Crippen molar-refractivity contribution in [2.45, 2.75) is 62.8 Å². The summed E-state index contributed by atoms with van der Waals surface area (Å²) >= 11 is 0. The number of fused-ring (bicyclic) bond motifs is 1. The van der Waals surface area contributed by atoms with Crippen LogP contribution in [-0.2, 0) is 10.9 Å². The molecule has 1 atom stereocenters. The van der Waals surface area contributed by atoms with Crippen LogP contribution in [0.4, 0.5) is 19.0 Å². The van der Waals surface area contributed by atoms with Gasteiger partial charge in [-0.15, -0.1) is 15.3 Å². The Labute approximate surface area is 142 Å². The van der Waals surface area contributed by atoms with E-state index in [1.54, 1.807) is 6.07 Å². The molecule has 2 aromatic heterocycles. The fourth-order valence-corrected chi connectivity index (χ4v) is 3.95. The summed E-state index contributed by atoms with van der Waals surface area (Å²) in [6.07, 6.45) is 2.80. The van der Waals surface area contributed by atoms with Crippen LogP contribution in [0.2, 0.25) is 0 Å². The topological polar surface area (TPSA) is 64.3 Å². The van der Waals surface area contributed by atoms with Crippen LogP contribution < -0.4 is 5.32 Å². The first kappa shape index (κ1) is 16.6. The van der Waals surface area contributed by atoms with Gasteiger partial charge in [0.1, 0.15) is 5.82 Å². The van der Waals surface area contributed by atoms with Crippen LogP contribution in [0.25, 0.3) is 5.65 Å². The molecule has 1 saturated heterocycles. The van der Waals surface area contributed by atoms with Crippen molar-refractivity contribution in [2.75, 3.05) is 11.9 Å². The standard InChI is InChI=1S/C16H20F3N5O/c17-16(18,19)14-22-21-13-5-4-12(23-24(13)14)20-11-6-9-25-15(10-11)7-2-1-3-8-15/h4-5,11H,1-3,6-10H2,(H,20,23). The van der Waals surface area contributed by atoms with Gasteiger partial charge in [-0.3, -0.25) is 0 Å². The average Bonchev–Trinajstić information content (AvgIpc) is 2.99. The predicted octanol–water partition coefficient (Wildman–Crippen LogP) is 3.44. The molecule has 3 heterocycles. The molecule has 0 bridgehead atoms. The molecule has 9 heteroatoms. The maximum absolute atomic E-state index is 13.0. The highest BCUT2D eigenvalue weighted by Gasteiger charge is 2.39. The molecule has 6 nitrogen and oxygen atoms in total. The van der Waals surface area contributed by atoms with Crippen molar-refractivity contribution in [1.82, 2.24) is 19.8 Å². The first-order chi connectivity index (χ1) is 12.0. The summed E-state index contributed by atoms with van der Waals surface area (Å²) in [4.78, 5) is 0. The van der Waals surface area contributed by atoms with Crippen LogP contribution in [0.5, 0.6) is 0 Å². The first-order valence-electron chi connectivity index (χ1n) is 8.65. The van der Waals surface area contributed by atoms with E-state index in [9.17, 15) is 13.2 Å². The molecule has 0 aromatic carbocycles. The summed E-state index contributed by atoms with van der Waals surface area (Å²) < 4.78 is 45.7. The Morgan fingerprint density at radius 1 is 1.16 bits per heavy atom. The highest BCUT2D eigenvalue weighted by Crippen LogP contribution is 2.39. The molecule has 4 rings (SSSR count). The number of hydrogen-bond acceptors (Lipinski definition) is 5. The maximum Gasteiger partial charge on any atom is 0.453 e. The van der Waals surface area contributed by atoms with E-state index in [4.69, 9.17) is 4.74 Å². The second kappa shape index (κ2) is 6.12. The van der Waals surface area contributed by atoms with Crippen molar-refractivity contribution in [3.8, 4) is 0 Å². The Hall–Kier alpha value is -1.90. The third kappa shape index (κ3) is 3.29. The van der Waals surface area contributed by atoms with E-state index in [0.29, 0.717) is 12.4 Å². The molecule has 1 aliphatic heterocycles. The zero-order chi connectivity index (χ0) is 17.5. The van der Waals surface area contributed by atoms with Crippen molar-refractivity contribution in [2.24, 2.45) is 0 Å². The Bertz CT molecular complexity index is 748. The Morgan fingerprint density at radius 2 is 1.96 bits per heavy atom. The summed E-state index contributed by atoms with van der Waals surface area (Å²) in [7, 11) is 0. The molecular formula is C16H20F3N5O. The first-order valence-corrected chi connectivity index (χ1v) is 8.65. The monoisotopic (exact) mass is 355 g/mol. The van der Waals surface area contributed by atoms with Gasteiger partial charge in [-0.2, -0.15) is 17.7 Å². The number of rotatable bonds is 2. The van der Waals surface area contributed by atoms with Crippen LogP contribution in [0, 0.1) is 0 Å². The quantitative estimate of drug-likeness (QED) is 0.894. The number of alkyl halides is 3. The van der Waals surface area contributed by atoms with E-state index in [0.717, 1.165) is 30.2 Å². The number of anilines is 1. The molecule has 0 amide bonds. The van der Waals surface area contributed by atoms with E-state index in [2.05, 4.69) is 20.6 Å². The summed E-state index contributed by atoms with van der Waals surface area (Å²) in [5.74, 6) is -0.711. The molecule has 2 aromatic rings. The highest BCUT2D eigenvalue weighted by molar-refractivity contribution is 5.44. The van der Waals surface area contributed by atoms with Crippen LogP contribution in [0.1, 0.15) is 50.8 Å². The number of ether oxygens (including phenoxy) is 1. The van der Waals surface area contributed by atoms with E-state index < -0.39 is 12.0 Å². The summed E-state index contributed by atoms with van der Waals surface area (Å²) in [5.41, 5.74) is -0.0000112. The summed E-state index contributed by atoms with van der Waals surface area (Å²) in [5, 5.41) is 14.1. The summed E-state index contributed by atoms with van der Waals surface area (Å²) in [6.45, 7) is 0.667. The van der Waals surface area contributed by atoms with Crippen LogP contribution in [-0.4, -0.2) is 38.1 Å². The van der Waals surface area contributed by atoms with Crippen molar-refractivity contribution < 1.29 is 17.9 Å². The van der Waals surface area contributed by atoms with Gasteiger partial charge in [-0.25, -0.2) is 0 Å². The lowest BCUT2D eigenvalue weighted by atomic mass is 9.78. The number of nitrogens with one attached hydrogen (secondary N) is 1. The third-order valence-electron chi connectivity index (χ3n) is 5.13. The van der Waals surface area contributed by atoms with Gasteiger partial charge in [0.15, 0.2) is 5.65 Å². The minimum absolute atomic E-state index is 0.0774. The molecule has 136 valence electrons. The predicted molar refractivity (Wildman–Crippen MR) is 84.2 cm³/mol. The molecular weight excluding hydrogens is 335 g/mol. The molecule has 25 heavy (non-hydrogen) atoms. The van der Waals surface area contributed by atoms with Crippen LogP contribution in [0.3, 0.4) is 0 Å². The molecule has 1 aliphatic carbocycles. The largest absolute Gasteiger partial charge is 0.453 e. The second-order valence-corrected chi connectivity index (χ2v) is 6.94. The van der Waals surface area contributed by atoms with Gasteiger partial charge in [0.2, 0.25) is 0 Å². The minimum atomic E-state index is -4.59. The molecule has 0 radical (unpaired) electrons. The fourth-order valence-electron chi connectivity index (χ4n) is 3.95. The fraction of sp³-hybridized carbons (Fsp3) is 0.688. The lowest BCUT2D eigenvalue weighted by molar-refractivity contribution is -0.146. The molecule has 1 saturated carbocycles. The molecule has 1 N–H and O–H groups in total. The van der Waals surface area contributed by atoms with Crippen LogP contribution in [0.15, 0.2) is 12.1 Å². The number of halogens is 3. The van der Waals surface area contributed by atoms with E-state index in [1.807, 2.05) is 0 Å². The zero-order valence-corrected chi connectivity index (χ0v) is 13.7. The summed E-state index contributed by atoms with van der Waals surface area (Å²) in [6, 6.07) is 3.28. The minimum Gasteiger partial charge on any atom is -0.375 e. The maximum atomic E-state index is 13.0. The average molecular weight is 355 g/mol. The van der Waals surface area contributed by atoms with Gasteiger partial charge in [-0.05, 0) is 37.8 Å². The van der Waals surface area contributed by atoms with E-state index in [-0.39, 0.29) is 17.3 Å². The Balaban J connectivity index is 1.54. The molecule has 1 unspecified atom stereocenters. The number of nitrogens with zero attached hydrogens (tertiary/aromatic N) is 4. The van der Waals surface area contributed by atoms with E-state index in [1.165, 1.54) is 25.3 Å². The van der Waals surface area contributed by atoms with Crippen molar-refractivity contribution >= 4 is 11.5 Å². The van der Waals surface area contributed by atoms with Crippen molar-refractivity contribution in [3.63, 3.8) is 0 Å². The van der Waals surface area contributed by atoms with Crippen molar-refractivity contribution in [3.05, 3.63) is 18.0 Å². The smallest absolute Gasteiger partial charge is 0.375 e. The normalized spacial score (nSPS) is 23.9. The van der Waals surface area contributed by atoms with Gasteiger partial charge in [0, 0.05) is 12.6 Å². The van der Waals surface area contributed by atoms with Gasteiger partial charge in [-0.1, -0.05) is 19.3 Å². The van der Waals surface area contributed by atoms with Crippen LogP contribution >= 0.6 is 0 Å². The zero-order valence-electron chi connectivity index (χ0n) is 13.7. The molecule has 2 aliphatic rings. The van der Waals surface area contributed by atoms with E-state index >= 15 is 0 Å². The Morgan fingerprint density at radius 3 is 2.72 bits per heavy atom. The lowest BCUT2D eigenvalue weighted by Gasteiger charge is -2.43. The van der Waals surface area contributed by atoms with Crippen molar-refractivity contribution in [1.29, 1.82) is 0 Å². The molecule has 2 fully saturated rings. The number of aromatic nitrogens is 4. The number of hydrogen-bond donors (Lipinski definition) is 1. The van der Waals surface area contributed by atoms with Gasteiger partial charge in [0.05, 0.1) is 5.60 Å². The van der Waals surface area contributed by atoms with Gasteiger partial charge >= 0.3 is 6.18 Å².